The van der Waals surface area contributed by atoms with Crippen molar-refractivity contribution in [2.45, 2.75) is 429 Å². The number of hydrogen-bond donors (Lipinski definition) is 6. The number of nitrogens with one attached hydrogen (secondary N) is 1. The van der Waals surface area contributed by atoms with Crippen LogP contribution in [0.15, 0.2) is 36.5 Å². The van der Waals surface area contributed by atoms with Crippen LogP contribution in [0.1, 0.15) is 386 Å². The fraction of sp³-hybridized carbons (Fsp3) is 0.897. The van der Waals surface area contributed by atoms with Gasteiger partial charge >= 0.3 is 5.97 Å². The zero-order valence-corrected chi connectivity index (χ0v) is 58.4. The van der Waals surface area contributed by atoms with E-state index in [1.807, 2.05) is 6.08 Å². The van der Waals surface area contributed by atoms with Crippen LogP contribution in [0.5, 0.6) is 0 Å². The Morgan fingerprint density at radius 2 is 0.753 bits per heavy atom. The van der Waals surface area contributed by atoms with Crippen molar-refractivity contribution in [3.8, 4) is 0 Å². The summed E-state index contributed by atoms with van der Waals surface area (Å²) in [5, 5.41) is 54.3. The Bertz CT molecular complexity index is 1570. The Hall–Kier alpha value is -2.12. The minimum atomic E-state index is -1.57. The van der Waals surface area contributed by atoms with Gasteiger partial charge in [-0.05, 0) is 64.2 Å². The Morgan fingerprint density at radius 1 is 0.416 bits per heavy atom. The lowest BCUT2D eigenvalue weighted by molar-refractivity contribution is -0.302. The number of aliphatic hydroxyl groups is 5. The topological polar surface area (TPSA) is 175 Å². The number of carbonyl (C=O) groups is 2. The number of hydrogen-bond acceptors (Lipinski definition) is 10. The van der Waals surface area contributed by atoms with Gasteiger partial charge in [-0.25, -0.2) is 0 Å². The third kappa shape index (κ3) is 56.0. The van der Waals surface area contributed by atoms with Gasteiger partial charge in [-0.2, -0.15) is 0 Å². The monoisotopic (exact) mass is 1260 g/mol. The second-order valence-electron chi connectivity index (χ2n) is 27.1. The minimum Gasteiger partial charge on any atom is -0.466 e. The summed E-state index contributed by atoms with van der Waals surface area (Å²) in [5.74, 6) is -0.166. The first-order valence-electron chi connectivity index (χ1n) is 38.8. The van der Waals surface area contributed by atoms with Gasteiger partial charge in [0.15, 0.2) is 6.29 Å². The fourth-order valence-electron chi connectivity index (χ4n) is 12.4. The van der Waals surface area contributed by atoms with E-state index in [4.69, 9.17) is 14.2 Å². The molecule has 7 atom stereocenters. The molecule has 1 amide bonds. The average molecular weight is 1260 g/mol. The molecule has 1 aliphatic rings. The van der Waals surface area contributed by atoms with Gasteiger partial charge in [0.2, 0.25) is 5.91 Å². The molecule has 89 heavy (non-hydrogen) atoms. The van der Waals surface area contributed by atoms with Crippen LogP contribution in [0.2, 0.25) is 0 Å². The summed E-state index contributed by atoms with van der Waals surface area (Å²) in [7, 11) is 0. The van der Waals surface area contributed by atoms with Crippen LogP contribution >= 0.6 is 0 Å². The van der Waals surface area contributed by atoms with Gasteiger partial charge < -0.3 is 45.1 Å². The van der Waals surface area contributed by atoms with Crippen LogP contribution in [0.25, 0.3) is 0 Å². The highest BCUT2D eigenvalue weighted by Gasteiger charge is 2.44. The minimum absolute atomic E-state index is 0.0112. The van der Waals surface area contributed by atoms with Crippen LogP contribution in [0.4, 0.5) is 0 Å². The molecule has 0 aromatic carbocycles. The molecule has 1 rings (SSSR count). The van der Waals surface area contributed by atoms with Crippen molar-refractivity contribution in [3.63, 3.8) is 0 Å². The van der Waals surface area contributed by atoms with Gasteiger partial charge in [0, 0.05) is 12.8 Å². The quantitative estimate of drug-likeness (QED) is 0.0195. The molecule has 1 heterocycles. The first-order valence-corrected chi connectivity index (χ1v) is 38.8. The van der Waals surface area contributed by atoms with Gasteiger partial charge in [0.25, 0.3) is 0 Å². The number of ether oxygens (including phenoxy) is 3. The highest BCUT2D eigenvalue weighted by atomic mass is 16.7. The van der Waals surface area contributed by atoms with E-state index in [1.165, 1.54) is 295 Å². The van der Waals surface area contributed by atoms with Crippen molar-refractivity contribution >= 4 is 11.9 Å². The molecule has 0 saturated carbocycles. The lowest BCUT2D eigenvalue weighted by atomic mass is 9.99. The van der Waals surface area contributed by atoms with Crippen molar-refractivity contribution < 1.29 is 49.3 Å². The standard InChI is InChI=1S/C78H147NO10/c1-3-5-7-9-11-13-14-15-16-17-33-37-40-43-46-50-54-58-62-66-74(83)87-67-63-59-55-51-47-44-41-38-35-32-30-28-26-24-22-20-18-19-21-23-25-27-29-31-34-36-39-42-45-49-53-57-61-65-73(82)79-70(71(81)64-60-56-52-48-12-10-8-6-4-2)69-88-78-77(86)76(85)75(84)72(68-80)89-78/h11,13,15-16,60,64,70-72,75-78,80-81,84-86H,3-10,12,14,17-59,61-63,65-69H2,1-2H3,(H,79,82)/b13-11-,16-15-,64-60+. The maximum atomic E-state index is 13.0. The second kappa shape index (κ2) is 67.3. The maximum Gasteiger partial charge on any atom is 0.305 e. The molecule has 6 N–H and O–H groups in total. The van der Waals surface area contributed by atoms with E-state index in [0.29, 0.717) is 19.4 Å². The average Bonchev–Trinajstić information content (AvgIpc) is 1.96. The predicted octanol–water partition coefficient (Wildman–Crippen LogP) is 20.5. The summed E-state index contributed by atoms with van der Waals surface area (Å²) in [5.41, 5.74) is 0. The van der Waals surface area contributed by atoms with E-state index >= 15 is 0 Å². The van der Waals surface area contributed by atoms with Crippen LogP contribution < -0.4 is 5.32 Å². The van der Waals surface area contributed by atoms with Crippen LogP contribution in [-0.2, 0) is 23.8 Å². The lowest BCUT2D eigenvalue weighted by Crippen LogP contribution is -2.60. The maximum absolute atomic E-state index is 13.0. The molecular weight excluding hydrogens is 1110 g/mol. The summed E-state index contributed by atoms with van der Waals surface area (Å²) in [6, 6.07) is -0.805. The molecule has 0 aliphatic carbocycles. The highest BCUT2D eigenvalue weighted by Crippen LogP contribution is 2.24. The van der Waals surface area contributed by atoms with E-state index in [9.17, 15) is 35.1 Å². The summed E-state index contributed by atoms with van der Waals surface area (Å²) in [6.07, 6.45) is 77.6. The third-order valence-electron chi connectivity index (χ3n) is 18.5. The summed E-state index contributed by atoms with van der Waals surface area (Å²) >= 11 is 0. The smallest absolute Gasteiger partial charge is 0.305 e. The molecule has 11 heteroatoms. The van der Waals surface area contributed by atoms with Crippen molar-refractivity contribution in [3.05, 3.63) is 36.5 Å². The molecule has 0 radical (unpaired) electrons. The van der Waals surface area contributed by atoms with E-state index in [1.54, 1.807) is 6.08 Å². The van der Waals surface area contributed by atoms with Gasteiger partial charge in [-0.1, -0.05) is 346 Å². The van der Waals surface area contributed by atoms with Crippen molar-refractivity contribution in [1.82, 2.24) is 5.32 Å². The Balaban J connectivity index is 1.85. The fourth-order valence-corrected chi connectivity index (χ4v) is 12.4. The number of unbranched alkanes of at least 4 members (excludes halogenated alkanes) is 51. The van der Waals surface area contributed by atoms with E-state index < -0.39 is 49.5 Å². The molecule has 0 bridgehead atoms. The SMILES string of the molecule is CCCCC/C=C\C/C=C\CCCCCCCCCCCC(=O)OCCCCCCCCCCCCCCCCCCCCCCCCCCCCCCCCCCCC(=O)NC(COC1OC(CO)C(O)C(O)C1O)C(O)/C=C/CCCCCCCCC. The molecule has 7 unspecified atom stereocenters. The predicted molar refractivity (Wildman–Crippen MR) is 375 cm³/mol. The molecule has 1 aliphatic heterocycles. The lowest BCUT2D eigenvalue weighted by Gasteiger charge is -2.40. The molecule has 11 nitrogen and oxygen atoms in total. The van der Waals surface area contributed by atoms with E-state index in [0.717, 1.165) is 64.2 Å². The van der Waals surface area contributed by atoms with Crippen LogP contribution in [0.3, 0.4) is 0 Å². The first kappa shape index (κ1) is 84.9. The second-order valence-corrected chi connectivity index (χ2v) is 27.1. The Labute approximate surface area is 549 Å². The number of carbonyl (C=O) groups excluding carboxylic acids is 2. The molecular formula is C78H147NO10. The van der Waals surface area contributed by atoms with Crippen LogP contribution in [-0.4, -0.2) is 100 Å². The molecule has 1 fully saturated rings. The van der Waals surface area contributed by atoms with E-state index in [-0.39, 0.29) is 18.5 Å². The van der Waals surface area contributed by atoms with Crippen molar-refractivity contribution in [2.75, 3.05) is 19.8 Å². The van der Waals surface area contributed by atoms with Gasteiger partial charge in [-0.3, -0.25) is 9.59 Å². The third-order valence-corrected chi connectivity index (χ3v) is 18.5. The van der Waals surface area contributed by atoms with Gasteiger partial charge in [-0.15, -0.1) is 0 Å². The first-order chi connectivity index (χ1) is 43.7. The number of allylic oxidation sites excluding steroid dienone is 5. The zero-order chi connectivity index (χ0) is 64.4. The number of rotatable bonds is 69. The largest absolute Gasteiger partial charge is 0.466 e. The van der Waals surface area contributed by atoms with Gasteiger partial charge in [0.05, 0.1) is 32.0 Å². The number of amides is 1. The number of aliphatic hydroxyl groups excluding tert-OH is 5. The Kier molecular flexibility index (Phi) is 64.2. The number of esters is 1. The summed E-state index contributed by atoms with van der Waals surface area (Å²) in [6.45, 7) is 4.33. The normalized spacial score (nSPS) is 17.9. The van der Waals surface area contributed by atoms with Gasteiger partial charge in [0.1, 0.15) is 24.4 Å². The van der Waals surface area contributed by atoms with Crippen molar-refractivity contribution in [2.24, 2.45) is 0 Å². The Morgan fingerprint density at radius 3 is 1.16 bits per heavy atom. The molecule has 0 spiro atoms. The molecule has 0 aromatic rings. The molecule has 1 saturated heterocycles. The van der Waals surface area contributed by atoms with E-state index in [2.05, 4.69) is 43.5 Å². The summed E-state index contributed by atoms with van der Waals surface area (Å²) < 4.78 is 16.7. The summed E-state index contributed by atoms with van der Waals surface area (Å²) in [4.78, 5) is 25.2. The van der Waals surface area contributed by atoms with Crippen LogP contribution in [0, 0.1) is 0 Å². The molecule has 0 aromatic heterocycles. The van der Waals surface area contributed by atoms with Crippen molar-refractivity contribution in [1.29, 1.82) is 0 Å². The zero-order valence-electron chi connectivity index (χ0n) is 58.4. The highest BCUT2D eigenvalue weighted by molar-refractivity contribution is 5.76. The molecule has 524 valence electrons.